The van der Waals surface area contributed by atoms with Crippen LogP contribution in [0.5, 0.6) is 0 Å². The zero-order valence-corrected chi connectivity index (χ0v) is 12.0. The van der Waals surface area contributed by atoms with Crippen molar-refractivity contribution in [1.82, 2.24) is 4.90 Å². The summed E-state index contributed by atoms with van der Waals surface area (Å²) in [5.41, 5.74) is 5.52. The molecule has 0 radical (unpaired) electrons. The van der Waals surface area contributed by atoms with Crippen molar-refractivity contribution >= 4 is 5.91 Å². The first-order valence-corrected chi connectivity index (χ1v) is 7.03. The summed E-state index contributed by atoms with van der Waals surface area (Å²) in [6, 6.07) is 0. The monoisotopic (exact) mass is 254 g/mol. The fraction of sp³-hybridized carbons (Fsp3) is 0.929. The molecular formula is C14H26N2O2. The van der Waals surface area contributed by atoms with Gasteiger partial charge in [0.1, 0.15) is 5.54 Å². The van der Waals surface area contributed by atoms with Gasteiger partial charge < -0.3 is 15.4 Å². The first kappa shape index (κ1) is 13.8. The van der Waals surface area contributed by atoms with Gasteiger partial charge in [-0.1, -0.05) is 20.8 Å². The van der Waals surface area contributed by atoms with Crippen LogP contribution in [0.2, 0.25) is 0 Å². The number of hydrogen-bond donors (Lipinski definition) is 1. The lowest BCUT2D eigenvalue weighted by molar-refractivity contribution is -0.229. The Kier molecular flexibility index (Phi) is 3.45. The van der Waals surface area contributed by atoms with Gasteiger partial charge in [0, 0.05) is 31.5 Å². The van der Waals surface area contributed by atoms with Gasteiger partial charge in [-0.2, -0.15) is 0 Å². The minimum absolute atomic E-state index is 0.0844. The van der Waals surface area contributed by atoms with Gasteiger partial charge in [-0.15, -0.1) is 0 Å². The topological polar surface area (TPSA) is 55.6 Å². The summed E-state index contributed by atoms with van der Waals surface area (Å²) >= 11 is 0. The molecule has 3 atom stereocenters. The standard InChI is InChI=1S/C14H26N2O2/c1-5-8-16(4)12(17)14(15)10-7-6-9-18-11(10)13(14,2)3/h10-11H,5-9,15H2,1-4H3. The molecule has 4 heteroatoms. The van der Waals surface area contributed by atoms with Crippen LogP contribution in [0.3, 0.4) is 0 Å². The van der Waals surface area contributed by atoms with Crippen LogP contribution in [0.4, 0.5) is 0 Å². The van der Waals surface area contributed by atoms with Gasteiger partial charge in [0.25, 0.3) is 0 Å². The highest BCUT2D eigenvalue weighted by Gasteiger charge is 2.70. The van der Waals surface area contributed by atoms with Crippen molar-refractivity contribution in [3.8, 4) is 0 Å². The fourth-order valence-electron chi connectivity index (χ4n) is 3.76. The van der Waals surface area contributed by atoms with Crippen molar-refractivity contribution in [2.75, 3.05) is 20.2 Å². The molecule has 2 aliphatic rings. The molecule has 4 nitrogen and oxygen atoms in total. The third-order valence-electron chi connectivity index (χ3n) is 4.94. The first-order chi connectivity index (χ1) is 8.37. The van der Waals surface area contributed by atoms with E-state index >= 15 is 0 Å². The van der Waals surface area contributed by atoms with Crippen LogP contribution in [-0.4, -0.2) is 42.6 Å². The number of hydrogen-bond acceptors (Lipinski definition) is 3. The fourth-order valence-corrected chi connectivity index (χ4v) is 3.76. The van der Waals surface area contributed by atoms with E-state index in [0.717, 1.165) is 32.4 Å². The molecule has 2 rings (SSSR count). The van der Waals surface area contributed by atoms with Crippen molar-refractivity contribution < 1.29 is 9.53 Å². The quantitative estimate of drug-likeness (QED) is 0.828. The molecule has 2 N–H and O–H groups in total. The summed E-state index contributed by atoms with van der Waals surface area (Å²) in [5, 5.41) is 0. The van der Waals surface area contributed by atoms with Crippen LogP contribution >= 0.6 is 0 Å². The molecule has 0 aromatic carbocycles. The van der Waals surface area contributed by atoms with E-state index in [1.807, 2.05) is 7.05 Å². The van der Waals surface area contributed by atoms with Crippen LogP contribution in [0.25, 0.3) is 0 Å². The highest BCUT2D eigenvalue weighted by Crippen LogP contribution is 2.57. The molecular weight excluding hydrogens is 228 g/mol. The summed E-state index contributed by atoms with van der Waals surface area (Å²) in [6.07, 6.45) is 3.14. The maximum Gasteiger partial charge on any atom is 0.243 e. The lowest BCUT2D eigenvalue weighted by Gasteiger charge is -2.65. The Morgan fingerprint density at radius 2 is 2.17 bits per heavy atom. The van der Waals surface area contributed by atoms with Gasteiger partial charge in [-0.3, -0.25) is 4.79 Å². The van der Waals surface area contributed by atoms with Gasteiger partial charge in [0.05, 0.1) is 6.10 Å². The molecule has 1 saturated heterocycles. The zero-order valence-electron chi connectivity index (χ0n) is 12.0. The molecule has 1 saturated carbocycles. The number of rotatable bonds is 3. The molecule has 0 bridgehead atoms. The summed E-state index contributed by atoms with van der Waals surface area (Å²) < 4.78 is 5.83. The van der Waals surface area contributed by atoms with Gasteiger partial charge in [0.2, 0.25) is 5.91 Å². The largest absolute Gasteiger partial charge is 0.377 e. The van der Waals surface area contributed by atoms with E-state index in [9.17, 15) is 4.79 Å². The molecule has 0 aromatic rings. The van der Waals surface area contributed by atoms with E-state index in [1.54, 1.807) is 4.90 Å². The molecule has 2 fully saturated rings. The van der Waals surface area contributed by atoms with E-state index in [0.29, 0.717) is 0 Å². The molecule has 1 aliphatic heterocycles. The Morgan fingerprint density at radius 3 is 2.78 bits per heavy atom. The number of likely N-dealkylation sites (N-methyl/N-ethyl adjacent to an activating group) is 1. The average molecular weight is 254 g/mol. The third kappa shape index (κ3) is 1.62. The van der Waals surface area contributed by atoms with E-state index in [1.165, 1.54) is 0 Å². The minimum atomic E-state index is -0.748. The third-order valence-corrected chi connectivity index (χ3v) is 4.94. The lowest BCUT2D eigenvalue weighted by Crippen LogP contribution is -2.82. The number of fused-ring (bicyclic) bond motifs is 1. The highest BCUT2D eigenvalue weighted by molar-refractivity contribution is 5.89. The molecule has 0 aromatic heterocycles. The van der Waals surface area contributed by atoms with Crippen LogP contribution < -0.4 is 5.73 Å². The number of carbonyl (C=O) groups excluding carboxylic acids is 1. The molecule has 104 valence electrons. The maximum atomic E-state index is 12.7. The zero-order chi connectivity index (χ0) is 13.6. The van der Waals surface area contributed by atoms with Crippen molar-refractivity contribution in [3.05, 3.63) is 0 Å². The van der Waals surface area contributed by atoms with Crippen molar-refractivity contribution in [3.63, 3.8) is 0 Å². The van der Waals surface area contributed by atoms with Crippen LogP contribution in [-0.2, 0) is 9.53 Å². The summed E-state index contributed by atoms with van der Waals surface area (Å²) in [6.45, 7) is 7.78. The summed E-state index contributed by atoms with van der Waals surface area (Å²) in [4.78, 5) is 14.4. The minimum Gasteiger partial charge on any atom is -0.377 e. The van der Waals surface area contributed by atoms with Crippen molar-refractivity contribution in [1.29, 1.82) is 0 Å². The Labute approximate surface area is 110 Å². The smallest absolute Gasteiger partial charge is 0.243 e. The van der Waals surface area contributed by atoms with Gasteiger partial charge in [-0.05, 0) is 19.3 Å². The van der Waals surface area contributed by atoms with Crippen LogP contribution in [0.1, 0.15) is 40.0 Å². The molecule has 3 unspecified atom stereocenters. The Balaban J connectivity index is 2.21. The predicted molar refractivity (Wildman–Crippen MR) is 71.1 cm³/mol. The molecule has 0 spiro atoms. The van der Waals surface area contributed by atoms with Gasteiger partial charge in [0.15, 0.2) is 0 Å². The SMILES string of the molecule is CCCN(C)C(=O)C1(N)C2CCCOC2C1(C)C. The van der Waals surface area contributed by atoms with Gasteiger partial charge >= 0.3 is 0 Å². The number of ether oxygens (including phenoxy) is 1. The second-order valence-corrected chi connectivity index (χ2v) is 6.36. The number of nitrogens with zero attached hydrogens (tertiary/aromatic N) is 1. The highest BCUT2D eigenvalue weighted by atomic mass is 16.5. The maximum absolute atomic E-state index is 12.7. The Bertz CT molecular complexity index is 343. The molecule has 1 amide bonds. The van der Waals surface area contributed by atoms with Crippen molar-refractivity contribution in [2.45, 2.75) is 51.7 Å². The van der Waals surface area contributed by atoms with E-state index < -0.39 is 5.54 Å². The summed E-state index contributed by atoms with van der Waals surface area (Å²) in [7, 11) is 1.85. The second kappa shape index (κ2) is 4.49. The first-order valence-electron chi connectivity index (χ1n) is 7.03. The molecule has 1 aliphatic carbocycles. The Morgan fingerprint density at radius 1 is 1.50 bits per heavy atom. The molecule has 18 heavy (non-hydrogen) atoms. The lowest BCUT2D eigenvalue weighted by atomic mass is 9.46. The molecule has 1 heterocycles. The van der Waals surface area contributed by atoms with E-state index in [-0.39, 0.29) is 23.3 Å². The number of nitrogens with two attached hydrogens (primary N) is 1. The van der Waals surface area contributed by atoms with E-state index in [2.05, 4.69) is 20.8 Å². The second-order valence-electron chi connectivity index (χ2n) is 6.36. The predicted octanol–water partition coefficient (Wildman–Crippen LogP) is 1.39. The number of carbonyl (C=O) groups is 1. The summed E-state index contributed by atoms with van der Waals surface area (Å²) in [5.74, 6) is 0.272. The van der Waals surface area contributed by atoms with Crippen molar-refractivity contribution in [2.24, 2.45) is 17.1 Å². The van der Waals surface area contributed by atoms with E-state index in [4.69, 9.17) is 10.5 Å². The normalized spacial score (nSPS) is 37.6. The number of amides is 1. The Hall–Kier alpha value is -0.610. The van der Waals surface area contributed by atoms with Gasteiger partial charge in [-0.25, -0.2) is 0 Å². The van der Waals surface area contributed by atoms with Crippen LogP contribution in [0, 0.1) is 11.3 Å². The van der Waals surface area contributed by atoms with Crippen LogP contribution in [0.15, 0.2) is 0 Å². The average Bonchev–Trinajstić information content (AvgIpc) is 2.37.